The average molecular weight is 176 g/mol. The van der Waals surface area contributed by atoms with E-state index in [0.717, 1.165) is 5.56 Å². The number of primary amides is 1. The van der Waals surface area contributed by atoms with Gasteiger partial charge < -0.3 is 10.7 Å². The summed E-state index contributed by atoms with van der Waals surface area (Å²) in [6, 6.07) is 1.59. The number of aryl methyl sites for hydroxylation is 1. The smallest absolute Gasteiger partial charge is 0.293 e. The number of carbonyl (C=O) groups is 1. The Bertz CT molecular complexity index is 449. The molecule has 0 aliphatic rings. The highest BCUT2D eigenvalue weighted by Crippen LogP contribution is 1.93. The molecule has 0 radical (unpaired) electrons. The minimum atomic E-state index is -0.749. The number of H-pyrrole nitrogens is 1. The van der Waals surface area contributed by atoms with Crippen LogP contribution in [0.5, 0.6) is 0 Å². The van der Waals surface area contributed by atoms with Crippen molar-refractivity contribution in [1.29, 1.82) is 0 Å². The Morgan fingerprint density at radius 3 is 2.92 bits per heavy atom. The lowest BCUT2D eigenvalue weighted by Crippen LogP contribution is -2.11. The van der Waals surface area contributed by atoms with E-state index < -0.39 is 5.91 Å². The third kappa shape index (κ3) is 2.49. The van der Waals surface area contributed by atoms with E-state index in [4.69, 9.17) is 5.73 Å². The number of pyridine rings is 1. The lowest BCUT2D eigenvalue weighted by molar-refractivity contribution is -0.112. The Morgan fingerprint density at radius 2 is 2.31 bits per heavy atom. The predicted octanol–water partition coefficient (Wildman–Crippen LogP) is -0.480. The first kappa shape index (κ1) is 9.07. The largest absolute Gasteiger partial charge is 0.359 e. The third-order valence-corrected chi connectivity index (χ3v) is 1.37. The van der Waals surface area contributed by atoms with E-state index in [9.17, 15) is 9.59 Å². The van der Waals surface area contributed by atoms with Crippen LogP contribution >= 0.6 is 0 Å². The first-order valence-electron chi connectivity index (χ1n) is 3.60. The van der Waals surface area contributed by atoms with Gasteiger partial charge in [-0.25, -0.2) is 0 Å². The first-order valence-corrected chi connectivity index (χ1v) is 3.60. The molecule has 1 aromatic heterocycles. The normalized spacial score (nSPS) is 8.69. The van der Waals surface area contributed by atoms with Crippen molar-refractivity contribution < 1.29 is 4.79 Å². The Morgan fingerprint density at radius 1 is 1.62 bits per heavy atom. The van der Waals surface area contributed by atoms with Crippen molar-refractivity contribution in [2.45, 2.75) is 6.92 Å². The highest BCUT2D eigenvalue weighted by Gasteiger charge is 1.94. The SMILES string of the molecule is Cc1c[nH]c(=O)c(C#CC(N)=O)c1. The maximum absolute atomic E-state index is 11.1. The monoisotopic (exact) mass is 176 g/mol. The van der Waals surface area contributed by atoms with Gasteiger partial charge in [0.2, 0.25) is 0 Å². The molecular formula is C9H8N2O2. The Hall–Kier alpha value is -2.02. The molecule has 0 fully saturated rings. The summed E-state index contributed by atoms with van der Waals surface area (Å²) in [4.78, 5) is 23.9. The van der Waals surface area contributed by atoms with Crippen molar-refractivity contribution in [3.8, 4) is 11.8 Å². The summed E-state index contributed by atoms with van der Waals surface area (Å²) < 4.78 is 0. The quantitative estimate of drug-likeness (QED) is 0.524. The van der Waals surface area contributed by atoms with Gasteiger partial charge in [0.25, 0.3) is 11.5 Å². The van der Waals surface area contributed by atoms with Crippen molar-refractivity contribution in [2.75, 3.05) is 0 Å². The van der Waals surface area contributed by atoms with Gasteiger partial charge in [-0.05, 0) is 18.6 Å². The van der Waals surface area contributed by atoms with Crippen LogP contribution in [0, 0.1) is 18.8 Å². The maximum Gasteiger partial charge on any atom is 0.293 e. The molecule has 0 aliphatic heterocycles. The fourth-order valence-corrected chi connectivity index (χ4v) is 0.814. The molecule has 4 nitrogen and oxygen atoms in total. The number of carbonyl (C=O) groups excluding carboxylic acids is 1. The summed E-state index contributed by atoms with van der Waals surface area (Å²) in [6.45, 7) is 1.81. The Balaban J connectivity index is 3.17. The summed E-state index contributed by atoms with van der Waals surface area (Å²) >= 11 is 0. The van der Waals surface area contributed by atoms with Crippen LogP contribution < -0.4 is 11.3 Å². The first-order chi connectivity index (χ1) is 6.09. The highest BCUT2D eigenvalue weighted by atomic mass is 16.1. The van der Waals surface area contributed by atoms with Crippen LogP contribution in [0.1, 0.15) is 11.1 Å². The average Bonchev–Trinajstić information content (AvgIpc) is 2.06. The van der Waals surface area contributed by atoms with Crippen molar-refractivity contribution in [2.24, 2.45) is 5.73 Å². The topological polar surface area (TPSA) is 75.9 Å². The number of hydrogen-bond donors (Lipinski definition) is 2. The van der Waals surface area contributed by atoms with E-state index in [0.29, 0.717) is 0 Å². The highest BCUT2D eigenvalue weighted by molar-refractivity contribution is 5.92. The molecule has 1 heterocycles. The molecule has 1 aromatic rings. The minimum Gasteiger partial charge on any atom is -0.359 e. The fourth-order valence-electron chi connectivity index (χ4n) is 0.814. The molecule has 0 spiro atoms. The molecular weight excluding hydrogens is 168 g/mol. The van der Waals surface area contributed by atoms with Gasteiger partial charge in [0.1, 0.15) is 0 Å². The number of aromatic amines is 1. The van der Waals surface area contributed by atoms with Crippen LogP contribution in [0.3, 0.4) is 0 Å². The maximum atomic E-state index is 11.1. The van der Waals surface area contributed by atoms with Crippen LogP contribution in [0.25, 0.3) is 0 Å². The van der Waals surface area contributed by atoms with Crippen LogP contribution in [-0.4, -0.2) is 10.9 Å². The minimum absolute atomic E-state index is 0.249. The van der Waals surface area contributed by atoms with E-state index in [2.05, 4.69) is 16.8 Å². The number of rotatable bonds is 0. The number of aromatic nitrogens is 1. The Labute approximate surface area is 74.8 Å². The van der Waals surface area contributed by atoms with Crippen LogP contribution in [0.15, 0.2) is 17.1 Å². The molecule has 1 amide bonds. The number of amides is 1. The summed E-state index contributed by atoms with van der Waals surface area (Å²) in [6.07, 6.45) is 1.57. The van der Waals surface area contributed by atoms with Gasteiger partial charge >= 0.3 is 0 Å². The fraction of sp³-hybridized carbons (Fsp3) is 0.111. The van der Waals surface area contributed by atoms with E-state index in [1.807, 2.05) is 6.92 Å². The van der Waals surface area contributed by atoms with Gasteiger partial charge in [0, 0.05) is 12.1 Å². The lowest BCUT2D eigenvalue weighted by Gasteiger charge is -1.91. The second-order valence-electron chi connectivity index (χ2n) is 2.53. The van der Waals surface area contributed by atoms with Crippen molar-refractivity contribution in [3.63, 3.8) is 0 Å². The molecule has 1 rings (SSSR count). The molecule has 13 heavy (non-hydrogen) atoms. The lowest BCUT2D eigenvalue weighted by atomic mass is 10.2. The van der Waals surface area contributed by atoms with Gasteiger partial charge in [-0.1, -0.05) is 5.92 Å². The molecule has 0 aromatic carbocycles. The Kier molecular flexibility index (Phi) is 2.50. The second-order valence-corrected chi connectivity index (χ2v) is 2.53. The van der Waals surface area contributed by atoms with Crippen molar-refractivity contribution >= 4 is 5.91 Å². The van der Waals surface area contributed by atoms with Crippen LogP contribution in [0.2, 0.25) is 0 Å². The van der Waals surface area contributed by atoms with Crippen LogP contribution in [-0.2, 0) is 4.79 Å². The summed E-state index contributed by atoms with van der Waals surface area (Å²) in [7, 11) is 0. The summed E-state index contributed by atoms with van der Waals surface area (Å²) in [5.74, 6) is 3.73. The zero-order valence-electron chi connectivity index (χ0n) is 7.05. The second kappa shape index (κ2) is 3.59. The van der Waals surface area contributed by atoms with Crippen molar-refractivity contribution in [1.82, 2.24) is 4.98 Å². The third-order valence-electron chi connectivity index (χ3n) is 1.37. The van der Waals surface area contributed by atoms with E-state index in [1.54, 1.807) is 12.3 Å². The predicted molar refractivity (Wildman–Crippen MR) is 47.9 cm³/mol. The van der Waals surface area contributed by atoms with Gasteiger partial charge in [0.15, 0.2) is 0 Å². The van der Waals surface area contributed by atoms with E-state index in [1.165, 1.54) is 0 Å². The molecule has 3 N–H and O–H groups in total. The molecule has 4 heteroatoms. The molecule has 0 saturated carbocycles. The van der Waals surface area contributed by atoms with Crippen LogP contribution in [0.4, 0.5) is 0 Å². The zero-order valence-corrected chi connectivity index (χ0v) is 7.05. The van der Waals surface area contributed by atoms with Gasteiger partial charge in [0.05, 0.1) is 5.56 Å². The molecule has 0 bridgehead atoms. The van der Waals surface area contributed by atoms with Gasteiger partial charge in [-0.15, -0.1) is 0 Å². The zero-order chi connectivity index (χ0) is 9.84. The molecule has 0 aliphatic carbocycles. The van der Waals surface area contributed by atoms with E-state index >= 15 is 0 Å². The van der Waals surface area contributed by atoms with Crippen molar-refractivity contribution in [3.05, 3.63) is 33.7 Å². The molecule has 0 atom stereocenters. The van der Waals surface area contributed by atoms with E-state index in [-0.39, 0.29) is 11.1 Å². The summed E-state index contributed by atoms with van der Waals surface area (Å²) in [5.41, 5.74) is 5.60. The molecule has 0 saturated heterocycles. The molecule has 66 valence electrons. The summed E-state index contributed by atoms with van der Waals surface area (Å²) in [5, 5.41) is 0. The number of nitrogens with one attached hydrogen (secondary N) is 1. The number of hydrogen-bond acceptors (Lipinski definition) is 2. The van der Waals surface area contributed by atoms with Gasteiger partial charge in [-0.3, -0.25) is 9.59 Å². The molecule has 0 unspecified atom stereocenters. The van der Waals surface area contributed by atoms with Gasteiger partial charge in [-0.2, -0.15) is 0 Å². The standard InChI is InChI=1S/C9H8N2O2/c1-6-4-7(2-3-8(10)12)9(13)11-5-6/h4-5H,1H3,(H2,10,12)(H,11,13). The number of nitrogens with two attached hydrogens (primary N) is 1.